The van der Waals surface area contributed by atoms with Crippen molar-refractivity contribution in [3.63, 3.8) is 0 Å². The van der Waals surface area contributed by atoms with E-state index in [1.807, 2.05) is 24.3 Å². The highest BCUT2D eigenvalue weighted by Gasteiger charge is 2.12. The monoisotopic (exact) mass is 302 g/mol. The first-order valence-corrected chi connectivity index (χ1v) is 7.66. The molecule has 0 saturated carbocycles. The predicted molar refractivity (Wildman–Crippen MR) is 87.3 cm³/mol. The smallest absolute Gasteiger partial charge is 0.126 e. The molecule has 0 radical (unpaired) electrons. The highest BCUT2D eigenvalue weighted by molar-refractivity contribution is 5.47. The van der Waals surface area contributed by atoms with E-state index in [9.17, 15) is 4.39 Å². The molecule has 0 spiro atoms. The van der Waals surface area contributed by atoms with Crippen LogP contribution in [0.1, 0.15) is 30.0 Å². The van der Waals surface area contributed by atoms with E-state index in [4.69, 9.17) is 9.47 Å². The second-order valence-corrected chi connectivity index (χ2v) is 5.31. The van der Waals surface area contributed by atoms with Crippen LogP contribution in [0.4, 0.5) is 4.39 Å². The first-order chi connectivity index (χ1) is 10.7. The predicted octanol–water partition coefficient (Wildman–Crippen LogP) is 4.58. The Hall–Kier alpha value is -2.03. The Balaban J connectivity index is 2.29. The molecule has 0 heterocycles. The van der Waals surface area contributed by atoms with Crippen molar-refractivity contribution in [1.29, 1.82) is 0 Å². The first kappa shape index (κ1) is 16.3. The minimum absolute atomic E-state index is 0.144. The highest BCUT2D eigenvalue weighted by Crippen LogP contribution is 2.31. The van der Waals surface area contributed by atoms with E-state index in [-0.39, 0.29) is 5.82 Å². The summed E-state index contributed by atoms with van der Waals surface area (Å²) in [4.78, 5) is 0. The van der Waals surface area contributed by atoms with E-state index in [0.29, 0.717) is 6.42 Å². The van der Waals surface area contributed by atoms with Crippen LogP contribution < -0.4 is 9.47 Å². The summed E-state index contributed by atoms with van der Waals surface area (Å²) in [5, 5.41) is 0. The van der Waals surface area contributed by atoms with Gasteiger partial charge < -0.3 is 9.47 Å². The summed E-state index contributed by atoms with van der Waals surface area (Å²) < 4.78 is 24.6. The van der Waals surface area contributed by atoms with Gasteiger partial charge in [-0.15, -0.1) is 0 Å². The summed E-state index contributed by atoms with van der Waals surface area (Å²) in [5.41, 5.74) is 3.11. The summed E-state index contributed by atoms with van der Waals surface area (Å²) >= 11 is 0. The van der Waals surface area contributed by atoms with Crippen LogP contribution in [0.15, 0.2) is 36.4 Å². The summed E-state index contributed by atoms with van der Waals surface area (Å²) in [6, 6.07) is 10.9. The molecular formula is C19H23FO2. The van der Waals surface area contributed by atoms with Crippen molar-refractivity contribution in [1.82, 2.24) is 0 Å². The van der Waals surface area contributed by atoms with Gasteiger partial charge in [-0.2, -0.15) is 0 Å². The van der Waals surface area contributed by atoms with Gasteiger partial charge in [0.05, 0.1) is 14.2 Å². The normalized spacial score (nSPS) is 10.5. The molecule has 0 fully saturated rings. The van der Waals surface area contributed by atoms with Crippen LogP contribution in [0.5, 0.6) is 11.5 Å². The van der Waals surface area contributed by atoms with Gasteiger partial charge in [0.25, 0.3) is 0 Å². The van der Waals surface area contributed by atoms with Crippen molar-refractivity contribution >= 4 is 0 Å². The van der Waals surface area contributed by atoms with Gasteiger partial charge in [0.1, 0.15) is 17.3 Å². The fourth-order valence-corrected chi connectivity index (χ4v) is 2.70. The molecule has 0 atom stereocenters. The van der Waals surface area contributed by atoms with E-state index in [0.717, 1.165) is 36.3 Å². The van der Waals surface area contributed by atoms with Gasteiger partial charge >= 0.3 is 0 Å². The van der Waals surface area contributed by atoms with Crippen LogP contribution in [0.25, 0.3) is 0 Å². The third-order valence-electron chi connectivity index (χ3n) is 3.85. The third kappa shape index (κ3) is 3.79. The number of ether oxygens (including phenoxy) is 2. The van der Waals surface area contributed by atoms with Crippen molar-refractivity contribution < 1.29 is 13.9 Å². The molecule has 0 saturated heterocycles. The Bertz CT molecular complexity index is 623. The number of methoxy groups -OCH3 is 2. The molecular weight excluding hydrogens is 279 g/mol. The van der Waals surface area contributed by atoms with Crippen LogP contribution in [0.2, 0.25) is 0 Å². The maximum atomic E-state index is 13.8. The van der Waals surface area contributed by atoms with Crippen molar-refractivity contribution in [3.05, 3.63) is 58.9 Å². The molecule has 118 valence electrons. The SMILES string of the molecule is CCCc1c(CCc2ccccc2F)cc(OC)cc1OC. The second kappa shape index (κ2) is 7.83. The van der Waals surface area contributed by atoms with E-state index in [1.54, 1.807) is 20.3 Å². The standard InChI is InChI=1S/C19H23FO2/c1-4-7-17-15(12-16(21-2)13-19(17)22-3)11-10-14-8-5-6-9-18(14)20/h5-6,8-9,12-13H,4,7,10-11H2,1-3H3. The van der Waals surface area contributed by atoms with Crippen LogP contribution in [0, 0.1) is 5.82 Å². The average molecular weight is 302 g/mol. The van der Waals surface area contributed by atoms with Crippen molar-refractivity contribution in [2.75, 3.05) is 14.2 Å². The summed E-state index contributed by atoms with van der Waals surface area (Å²) in [6.45, 7) is 2.14. The summed E-state index contributed by atoms with van der Waals surface area (Å²) in [5.74, 6) is 1.49. The molecule has 3 heteroatoms. The minimum Gasteiger partial charge on any atom is -0.497 e. The Morgan fingerprint density at radius 2 is 1.64 bits per heavy atom. The maximum absolute atomic E-state index is 13.8. The largest absolute Gasteiger partial charge is 0.497 e. The Labute approximate surface area is 131 Å². The van der Waals surface area contributed by atoms with Crippen molar-refractivity contribution in [2.24, 2.45) is 0 Å². The second-order valence-electron chi connectivity index (χ2n) is 5.31. The average Bonchev–Trinajstić information content (AvgIpc) is 2.55. The molecule has 0 bridgehead atoms. The molecule has 2 aromatic carbocycles. The number of hydrogen-bond acceptors (Lipinski definition) is 2. The molecule has 2 nitrogen and oxygen atoms in total. The van der Waals surface area contributed by atoms with Gasteiger partial charge in [-0.25, -0.2) is 4.39 Å². The Kier molecular flexibility index (Phi) is 5.82. The molecule has 0 aliphatic rings. The number of rotatable bonds is 7. The molecule has 2 aromatic rings. The highest BCUT2D eigenvalue weighted by atomic mass is 19.1. The lowest BCUT2D eigenvalue weighted by Crippen LogP contribution is -2.02. The number of benzene rings is 2. The summed E-state index contributed by atoms with van der Waals surface area (Å²) in [6.07, 6.45) is 3.42. The lowest BCUT2D eigenvalue weighted by Gasteiger charge is -2.16. The third-order valence-corrected chi connectivity index (χ3v) is 3.85. The first-order valence-electron chi connectivity index (χ1n) is 7.66. The van der Waals surface area contributed by atoms with Gasteiger partial charge in [0.15, 0.2) is 0 Å². The van der Waals surface area contributed by atoms with Crippen LogP contribution in [-0.4, -0.2) is 14.2 Å². The van der Waals surface area contributed by atoms with Gasteiger partial charge in [0, 0.05) is 6.07 Å². The van der Waals surface area contributed by atoms with Crippen molar-refractivity contribution in [2.45, 2.75) is 32.6 Å². The quantitative estimate of drug-likeness (QED) is 0.745. The molecule has 2 rings (SSSR count). The topological polar surface area (TPSA) is 18.5 Å². The zero-order valence-corrected chi connectivity index (χ0v) is 13.5. The van der Waals surface area contributed by atoms with Gasteiger partial charge in [-0.05, 0) is 48.1 Å². The van der Waals surface area contributed by atoms with Gasteiger partial charge in [-0.1, -0.05) is 31.5 Å². The molecule has 0 amide bonds. The molecule has 0 aliphatic heterocycles. The van der Waals surface area contributed by atoms with Crippen LogP contribution in [-0.2, 0) is 19.3 Å². The fourth-order valence-electron chi connectivity index (χ4n) is 2.70. The zero-order valence-electron chi connectivity index (χ0n) is 13.5. The molecule has 0 aromatic heterocycles. The zero-order chi connectivity index (χ0) is 15.9. The van der Waals surface area contributed by atoms with Crippen LogP contribution >= 0.6 is 0 Å². The molecule has 0 N–H and O–H groups in total. The lowest BCUT2D eigenvalue weighted by molar-refractivity contribution is 0.389. The van der Waals surface area contributed by atoms with E-state index in [1.165, 1.54) is 17.2 Å². The van der Waals surface area contributed by atoms with Crippen molar-refractivity contribution in [3.8, 4) is 11.5 Å². The maximum Gasteiger partial charge on any atom is 0.126 e. The fraction of sp³-hybridized carbons (Fsp3) is 0.368. The summed E-state index contributed by atoms with van der Waals surface area (Å²) in [7, 11) is 3.32. The van der Waals surface area contributed by atoms with E-state index < -0.39 is 0 Å². The lowest BCUT2D eigenvalue weighted by atomic mass is 9.96. The number of halogens is 1. The molecule has 0 unspecified atom stereocenters. The minimum atomic E-state index is -0.144. The number of aryl methyl sites for hydroxylation is 2. The van der Waals surface area contributed by atoms with E-state index in [2.05, 4.69) is 6.92 Å². The van der Waals surface area contributed by atoms with Gasteiger partial charge in [-0.3, -0.25) is 0 Å². The Morgan fingerprint density at radius 1 is 0.909 bits per heavy atom. The van der Waals surface area contributed by atoms with Crippen LogP contribution in [0.3, 0.4) is 0 Å². The van der Waals surface area contributed by atoms with Gasteiger partial charge in [0.2, 0.25) is 0 Å². The molecule has 0 aliphatic carbocycles. The number of hydrogen-bond donors (Lipinski definition) is 0. The van der Waals surface area contributed by atoms with E-state index >= 15 is 0 Å². The Morgan fingerprint density at radius 3 is 2.27 bits per heavy atom. The molecule has 22 heavy (non-hydrogen) atoms.